The Labute approximate surface area is 252 Å². The number of ether oxygens (including phenoxy) is 2. The van der Waals surface area contributed by atoms with Crippen molar-refractivity contribution in [3.8, 4) is 11.5 Å². The molecule has 1 fully saturated rings. The van der Waals surface area contributed by atoms with Crippen LogP contribution < -0.4 is 14.4 Å². The largest absolute Gasteiger partial charge is 0.493 e. The van der Waals surface area contributed by atoms with Gasteiger partial charge in [0.25, 0.3) is 5.91 Å². The van der Waals surface area contributed by atoms with Crippen LogP contribution in [0.3, 0.4) is 0 Å². The number of rotatable bonds is 10. The molecule has 1 heterocycles. The van der Waals surface area contributed by atoms with Crippen molar-refractivity contribution in [2.75, 3.05) is 30.9 Å². The molecule has 222 valence electrons. The third kappa shape index (κ3) is 12.1. The van der Waals surface area contributed by atoms with E-state index in [0.717, 1.165) is 35.6 Å². The van der Waals surface area contributed by atoms with Gasteiger partial charge in [-0.1, -0.05) is 63.8 Å². The first kappa shape index (κ1) is 34.0. The second kappa shape index (κ2) is 19.0. The van der Waals surface area contributed by atoms with Crippen LogP contribution in [0.1, 0.15) is 64.9 Å². The van der Waals surface area contributed by atoms with E-state index in [1.165, 1.54) is 24.6 Å². The lowest BCUT2D eigenvalue weighted by Crippen LogP contribution is -2.31. The molecule has 0 bridgehead atoms. The smallest absolute Gasteiger partial charge is 0.286 e. The van der Waals surface area contributed by atoms with Gasteiger partial charge in [-0.25, -0.2) is 0 Å². The number of nitrogens with zero attached hydrogens (tertiary/aromatic N) is 3. The van der Waals surface area contributed by atoms with Crippen molar-refractivity contribution in [1.29, 1.82) is 0 Å². The quantitative estimate of drug-likeness (QED) is 0.255. The van der Waals surface area contributed by atoms with Gasteiger partial charge in [-0.2, -0.15) is 0 Å². The summed E-state index contributed by atoms with van der Waals surface area (Å²) in [6.45, 7) is 7.12. The van der Waals surface area contributed by atoms with Crippen molar-refractivity contribution in [2.45, 2.75) is 59.3 Å². The SMILES string of the molecule is CC.CCCCC(=O)N=O.COc1cc(N2C=NC/C=C(/c3ccc(Cl)cc3)SCC2=O)ccc1OCCC1CC1. The Morgan fingerprint density at radius 3 is 2.51 bits per heavy atom. The van der Waals surface area contributed by atoms with Crippen LogP contribution in [0.4, 0.5) is 5.69 Å². The average molecular weight is 602 g/mol. The third-order valence-electron chi connectivity index (χ3n) is 6.08. The monoisotopic (exact) mass is 601 g/mol. The molecule has 2 aliphatic rings. The summed E-state index contributed by atoms with van der Waals surface area (Å²) in [5.41, 5.74) is 1.73. The number of hydrogen-bond donors (Lipinski definition) is 0. The van der Waals surface area contributed by atoms with E-state index in [1.54, 1.807) is 18.3 Å². The highest BCUT2D eigenvalue weighted by atomic mass is 35.5. The van der Waals surface area contributed by atoms with Gasteiger partial charge in [0.2, 0.25) is 5.91 Å². The molecular formula is C31H40ClN3O5S. The van der Waals surface area contributed by atoms with Gasteiger partial charge < -0.3 is 9.47 Å². The number of hydrogen-bond acceptors (Lipinski definition) is 7. The van der Waals surface area contributed by atoms with Crippen LogP contribution in [0.5, 0.6) is 11.5 Å². The minimum absolute atomic E-state index is 0.0556. The minimum Gasteiger partial charge on any atom is -0.493 e. The Hall–Kier alpha value is -3.17. The zero-order valence-corrected chi connectivity index (χ0v) is 25.9. The summed E-state index contributed by atoms with van der Waals surface area (Å²) >= 11 is 7.50. The Morgan fingerprint density at radius 1 is 1.15 bits per heavy atom. The molecule has 8 nitrogen and oxygen atoms in total. The molecule has 0 atom stereocenters. The lowest BCUT2D eigenvalue weighted by molar-refractivity contribution is -0.118. The predicted molar refractivity (Wildman–Crippen MR) is 170 cm³/mol. The van der Waals surface area contributed by atoms with Crippen molar-refractivity contribution in [3.05, 3.63) is 64.0 Å². The molecule has 0 unspecified atom stereocenters. The summed E-state index contributed by atoms with van der Waals surface area (Å²) < 4.78 is 11.4. The van der Waals surface area contributed by atoms with Gasteiger partial charge in [0.1, 0.15) is 0 Å². The van der Waals surface area contributed by atoms with E-state index in [-0.39, 0.29) is 5.91 Å². The van der Waals surface area contributed by atoms with Gasteiger partial charge in [-0.15, -0.1) is 16.7 Å². The molecule has 1 saturated carbocycles. The van der Waals surface area contributed by atoms with E-state index in [1.807, 2.05) is 69.3 Å². The molecule has 10 heteroatoms. The zero-order valence-electron chi connectivity index (χ0n) is 24.3. The highest BCUT2D eigenvalue weighted by Crippen LogP contribution is 2.35. The van der Waals surface area contributed by atoms with Crippen LogP contribution >= 0.6 is 23.4 Å². The molecule has 0 radical (unpaired) electrons. The number of unbranched alkanes of at least 4 members (excludes halogenated alkanes) is 1. The molecule has 0 aromatic heterocycles. The number of thioether (sulfide) groups is 1. The van der Waals surface area contributed by atoms with Crippen LogP contribution in [0.15, 0.2) is 58.7 Å². The van der Waals surface area contributed by atoms with E-state index in [4.69, 9.17) is 21.1 Å². The maximum atomic E-state index is 13.0. The van der Waals surface area contributed by atoms with Gasteiger partial charge >= 0.3 is 0 Å². The van der Waals surface area contributed by atoms with Gasteiger partial charge in [0.15, 0.2) is 11.5 Å². The molecule has 41 heavy (non-hydrogen) atoms. The number of nitroso groups, excluding NO2 is 1. The van der Waals surface area contributed by atoms with E-state index in [9.17, 15) is 14.5 Å². The molecule has 2 amide bonds. The molecule has 1 aliphatic carbocycles. The normalized spacial score (nSPS) is 15.9. The second-order valence-electron chi connectivity index (χ2n) is 9.11. The second-order valence-corrected chi connectivity index (χ2v) is 10.6. The van der Waals surface area contributed by atoms with E-state index < -0.39 is 5.91 Å². The Bertz CT molecular complexity index is 1180. The number of aliphatic imine (C=N–C) groups is 1. The van der Waals surface area contributed by atoms with Crippen LogP contribution in [-0.4, -0.2) is 44.2 Å². The van der Waals surface area contributed by atoms with Crippen molar-refractivity contribution >= 4 is 52.1 Å². The van der Waals surface area contributed by atoms with Crippen LogP contribution in [0.2, 0.25) is 5.02 Å². The number of methoxy groups -OCH3 is 1. The number of carbonyl (C=O) groups excluding carboxylic acids is 2. The van der Waals surface area contributed by atoms with Crippen LogP contribution in [0, 0.1) is 10.8 Å². The Morgan fingerprint density at radius 2 is 1.88 bits per heavy atom. The fraction of sp³-hybridized carbons (Fsp3) is 0.452. The van der Waals surface area contributed by atoms with Crippen LogP contribution in [-0.2, 0) is 9.59 Å². The fourth-order valence-corrected chi connectivity index (χ4v) is 4.70. The van der Waals surface area contributed by atoms with Crippen molar-refractivity contribution < 1.29 is 19.1 Å². The van der Waals surface area contributed by atoms with Gasteiger partial charge in [0.05, 0.1) is 38.0 Å². The highest BCUT2D eigenvalue weighted by molar-refractivity contribution is 8.08. The highest BCUT2D eigenvalue weighted by Gasteiger charge is 2.22. The number of halogens is 1. The summed E-state index contributed by atoms with van der Waals surface area (Å²) in [5, 5.41) is 2.92. The standard InChI is InChI=1S/C24H25ClN2O3S.C5H9NO2.C2H6/c1-29-22-14-20(8-9-21(22)30-13-11-17-2-3-17)27-16-26-12-10-23(31-15-24(27)28)18-4-6-19(25)7-5-18;1-2-3-4-5(7)6-8;1-2/h4-10,14,16-17H,2-3,11-13,15H2,1H3;2-4H2,1H3;1-2H3/b23-10-,26-16?;;. The number of carbonyl (C=O) groups is 2. The molecule has 4 rings (SSSR count). The average Bonchev–Trinajstić information content (AvgIpc) is 3.82. The lowest BCUT2D eigenvalue weighted by Gasteiger charge is -2.19. The molecule has 2 aromatic rings. The van der Waals surface area contributed by atoms with Gasteiger partial charge in [0, 0.05) is 27.6 Å². The van der Waals surface area contributed by atoms with Gasteiger partial charge in [-0.05, 0) is 54.7 Å². The number of amides is 2. The summed E-state index contributed by atoms with van der Waals surface area (Å²) in [6.07, 6.45) is 9.31. The van der Waals surface area contributed by atoms with Crippen molar-refractivity contribution in [3.63, 3.8) is 0 Å². The minimum atomic E-state index is -0.535. The van der Waals surface area contributed by atoms with E-state index >= 15 is 0 Å². The topological polar surface area (TPSA) is 97.6 Å². The molecule has 2 aromatic carbocycles. The maximum Gasteiger partial charge on any atom is 0.286 e. The molecule has 0 saturated heterocycles. The summed E-state index contributed by atoms with van der Waals surface area (Å²) in [4.78, 5) is 39.5. The zero-order chi connectivity index (χ0) is 30.0. The molecular weight excluding hydrogens is 562 g/mol. The number of anilines is 1. The van der Waals surface area contributed by atoms with E-state index in [0.29, 0.717) is 47.5 Å². The molecule has 1 aliphatic heterocycles. The maximum absolute atomic E-state index is 13.0. The molecule has 0 N–H and O–H groups in total. The van der Waals surface area contributed by atoms with Crippen LogP contribution in [0.25, 0.3) is 4.91 Å². The first-order chi connectivity index (χ1) is 19.9. The van der Waals surface area contributed by atoms with E-state index in [2.05, 4.69) is 10.2 Å². The Balaban J connectivity index is 0.000000509. The number of benzene rings is 2. The van der Waals surface area contributed by atoms with Crippen molar-refractivity contribution in [2.24, 2.45) is 16.1 Å². The van der Waals surface area contributed by atoms with Crippen molar-refractivity contribution in [1.82, 2.24) is 0 Å². The van der Waals surface area contributed by atoms with Gasteiger partial charge in [-0.3, -0.25) is 19.5 Å². The molecule has 0 spiro atoms. The fourth-order valence-electron chi connectivity index (χ4n) is 3.66. The predicted octanol–water partition coefficient (Wildman–Crippen LogP) is 8.17. The summed E-state index contributed by atoms with van der Waals surface area (Å²) in [6, 6.07) is 13.2. The summed E-state index contributed by atoms with van der Waals surface area (Å²) in [7, 11) is 1.61. The third-order valence-corrected chi connectivity index (χ3v) is 7.44. The first-order valence-electron chi connectivity index (χ1n) is 14.0. The lowest BCUT2D eigenvalue weighted by atomic mass is 10.2. The summed E-state index contributed by atoms with van der Waals surface area (Å²) in [5.74, 6) is 1.82. The Kier molecular flexibility index (Phi) is 15.8. The first-order valence-corrected chi connectivity index (χ1v) is 15.4.